The van der Waals surface area contributed by atoms with E-state index < -0.39 is 6.09 Å². The Hall–Kier alpha value is -3.88. The third-order valence-electron chi connectivity index (χ3n) is 7.74. The van der Waals surface area contributed by atoms with Crippen LogP contribution in [0, 0.1) is 0 Å². The minimum atomic E-state index is -0.421. The SMILES string of the molecule is CN(CCN1CCC(OC(=O)Nc2ccccc2-c2ccccc2)CC1)C(=O)CCCCCNCc1ccc(O)cc1. The van der Waals surface area contributed by atoms with E-state index in [0.29, 0.717) is 13.0 Å². The predicted molar refractivity (Wildman–Crippen MR) is 167 cm³/mol. The zero-order chi connectivity index (χ0) is 29.6. The van der Waals surface area contributed by atoms with Crippen molar-refractivity contribution in [3.63, 3.8) is 0 Å². The van der Waals surface area contributed by atoms with E-state index in [1.165, 1.54) is 0 Å². The number of nitrogens with one attached hydrogen (secondary N) is 2. The van der Waals surface area contributed by atoms with Crippen molar-refractivity contribution < 1.29 is 19.4 Å². The summed E-state index contributed by atoms with van der Waals surface area (Å²) >= 11 is 0. The highest BCUT2D eigenvalue weighted by Gasteiger charge is 2.23. The number of hydrogen-bond donors (Lipinski definition) is 3. The average molecular weight is 573 g/mol. The van der Waals surface area contributed by atoms with E-state index in [4.69, 9.17) is 4.74 Å². The summed E-state index contributed by atoms with van der Waals surface area (Å²) < 4.78 is 5.75. The molecule has 8 heteroatoms. The fourth-order valence-electron chi connectivity index (χ4n) is 5.16. The predicted octanol–water partition coefficient (Wildman–Crippen LogP) is 5.88. The number of benzene rings is 3. The monoisotopic (exact) mass is 572 g/mol. The number of aromatic hydroxyl groups is 1. The van der Waals surface area contributed by atoms with Crippen molar-refractivity contribution in [3.05, 3.63) is 84.4 Å². The summed E-state index contributed by atoms with van der Waals surface area (Å²) in [5, 5.41) is 15.7. The maximum absolute atomic E-state index is 12.7. The van der Waals surface area contributed by atoms with Gasteiger partial charge in [-0.3, -0.25) is 10.1 Å². The summed E-state index contributed by atoms with van der Waals surface area (Å²) in [6.07, 6.45) is 4.55. The second kappa shape index (κ2) is 16.5. The number of phenolic OH excluding ortho intramolecular Hbond substituents is 1. The lowest BCUT2D eigenvalue weighted by atomic mass is 10.0. The Morgan fingerprint density at radius 1 is 0.929 bits per heavy atom. The van der Waals surface area contributed by atoms with E-state index in [0.717, 1.165) is 87.2 Å². The van der Waals surface area contributed by atoms with Crippen LogP contribution in [0.3, 0.4) is 0 Å². The molecule has 1 saturated heterocycles. The van der Waals surface area contributed by atoms with Crippen LogP contribution in [-0.2, 0) is 16.1 Å². The van der Waals surface area contributed by atoms with Crippen molar-refractivity contribution in [2.75, 3.05) is 45.1 Å². The number of piperidine rings is 1. The van der Waals surface area contributed by atoms with Crippen molar-refractivity contribution in [1.82, 2.24) is 15.1 Å². The first-order chi connectivity index (χ1) is 20.5. The van der Waals surface area contributed by atoms with Crippen LogP contribution in [0.5, 0.6) is 5.75 Å². The van der Waals surface area contributed by atoms with Crippen molar-refractivity contribution in [3.8, 4) is 16.9 Å². The van der Waals surface area contributed by atoms with Crippen molar-refractivity contribution in [2.45, 2.75) is 51.2 Å². The molecule has 0 unspecified atom stereocenters. The molecule has 1 aliphatic rings. The van der Waals surface area contributed by atoms with Crippen LogP contribution in [0.25, 0.3) is 11.1 Å². The van der Waals surface area contributed by atoms with Crippen LogP contribution in [0.1, 0.15) is 44.1 Å². The van der Waals surface area contributed by atoms with Crippen molar-refractivity contribution >= 4 is 17.7 Å². The molecule has 0 bridgehead atoms. The number of carbonyl (C=O) groups excluding carboxylic acids is 2. The number of para-hydroxylation sites is 1. The van der Waals surface area contributed by atoms with Crippen LogP contribution in [0.2, 0.25) is 0 Å². The topological polar surface area (TPSA) is 94.1 Å². The number of amides is 2. The number of unbranched alkanes of at least 4 members (excludes halogenated alkanes) is 2. The summed E-state index contributed by atoms with van der Waals surface area (Å²) in [6.45, 7) is 4.91. The summed E-state index contributed by atoms with van der Waals surface area (Å²) in [5.41, 5.74) is 3.89. The molecule has 8 nitrogen and oxygen atoms in total. The average Bonchev–Trinajstić information content (AvgIpc) is 3.01. The number of hydrogen-bond acceptors (Lipinski definition) is 6. The fraction of sp³-hybridized carbons (Fsp3) is 0.412. The van der Waals surface area contributed by atoms with Crippen LogP contribution in [-0.4, -0.2) is 72.8 Å². The molecule has 224 valence electrons. The minimum Gasteiger partial charge on any atom is -0.508 e. The molecule has 1 fully saturated rings. The van der Waals surface area contributed by atoms with Gasteiger partial charge in [-0.2, -0.15) is 0 Å². The Morgan fingerprint density at radius 2 is 1.64 bits per heavy atom. The molecule has 3 aromatic carbocycles. The number of carbonyl (C=O) groups is 2. The quantitative estimate of drug-likeness (QED) is 0.209. The van der Waals surface area contributed by atoms with Gasteiger partial charge in [-0.25, -0.2) is 4.79 Å². The molecule has 42 heavy (non-hydrogen) atoms. The molecule has 3 N–H and O–H groups in total. The van der Waals surface area contributed by atoms with E-state index in [1.54, 1.807) is 12.1 Å². The molecule has 1 aliphatic heterocycles. The van der Waals surface area contributed by atoms with Gasteiger partial charge in [-0.05, 0) is 61.6 Å². The molecule has 2 amide bonds. The van der Waals surface area contributed by atoms with E-state index in [2.05, 4.69) is 15.5 Å². The molecule has 0 atom stereocenters. The molecular weight excluding hydrogens is 528 g/mol. The molecule has 4 rings (SSSR count). The zero-order valence-corrected chi connectivity index (χ0v) is 24.6. The van der Waals surface area contributed by atoms with Gasteiger partial charge in [0.05, 0.1) is 5.69 Å². The fourth-order valence-corrected chi connectivity index (χ4v) is 5.16. The van der Waals surface area contributed by atoms with Crippen molar-refractivity contribution in [2.24, 2.45) is 0 Å². The molecule has 0 aromatic heterocycles. The Kier molecular flexibility index (Phi) is 12.2. The highest BCUT2D eigenvalue weighted by molar-refractivity contribution is 5.91. The van der Waals surface area contributed by atoms with Crippen LogP contribution >= 0.6 is 0 Å². The highest BCUT2D eigenvalue weighted by Crippen LogP contribution is 2.28. The minimum absolute atomic E-state index is 0.111. The lowest BCUT2D eigenvalue weighted by molar-refractivity contribution is -0.130. The number of anilines is 1. The standard InChI is InChI=1S/C34H44N4O4/c1-37(33(40)14-6-3-9-21-35-26-27-15-17-29(39)18-16-27)24-25-38-22-19-30(20-23-38)42-34(41)36-32-13-8-7-12-31(32)28-10-4-2-5-11-28/h2,4-5,7-8,10-13,15-18,30,35,39H,3,6,9,14,19-26H2,1H3,(H,36,41). The van der Waals surface area contributed by atoms with Crippen LogP contribution in [0.4, 0.5) is 10.5 Å². The first-order valence-electron chi connectivity index (χ1n) is 15.0. The molecular formula is C34H44N4O4. The lowest BCUT2D eigenvalue weighted by Crippen LogP contribution is -2.42. The lowest BCUT2D eigenvalue weighted by Gasteiger charge is -2.32. The van der Waals surface area contributed by atoms with E-state index in [-0.39, 0.29) is 17.8 Å². The van der Waals surface area contributed by atoms with Gasteiger partial charge in [-0.1, -0.05) is 67.1 Å². The molecule has 3 aromatic rings. The highest BCUT2D eigenvalue weighted by atomic mass is 16.6. The second-order valence-electron chi connectivity index (χ2n) is 11.0. The van der Waals surface area contributed by atoms with Gasteiger partial charge in [0, 0.05) is 51.8 Å². The van der Waals surface area contributed by atoms with E-state index in [1.807, 2.05) is 78.7 Å². The molecule has 0 radical (unpaired) electrons. The van der Waals surface area contributed by atoms with Gasteiger partial charge in [0.1, 0.15) is 11.9 Å². The van der Waals surface area contributed by atoms with E-state index in [9.17, 15) is 14.7 Å². The maximum Gasteiger partial charge on any atom is 0.411 e. The second-order valence-corrected chi connectivity index (χ2v) is 11.0. The Labute approximate surface area is 249 Å². The summed E-state index contributed by atoms with van der Waals surface area (Å²) in [6, 6.07) is 25.0. The van der Waals surface area contributed by atoms with Crippen molar-refractivity contribution in [1.29, 1.82) is 0 Å². The molecule has 0 spiro atoms. The number of likely N-dealkylation sites (N-methyl/N-ethyl adjacent to an activating group) is 1. The first-order valence-corrected chi connectivity index (χ1v) is 15.0. The summed E-state index contributed by atoms with van der Waals surface area (Å²) in [4.78, 5) is 29.4. The Bertz CT molecular complexity index is 1240. The maximum atomic E-state index is 12.7. The van der Waals surface area contributed by atoms with Gasteiger partial charge < -0.3 is 25.0 Å². The number of rotatable bonds is 14. The van der Waals surface area contributed by atoms with Gasteiger partial charge in [0.15, 0.2) is 0 Å². The first kappa shape index (κ1) is 31.1. The molecule has 1 heterocycles. The normalized spacial score (nSPS) is 13.9. The molecule has 0 saturated carbocycles. The summed E-state index contributed by atoms with van der Waals surface area (Å²) in [5.74, 6) is 0.476. The van der Waals surface area contributed by atoms with E-state index >= 15 is 0 Å². The number of likely N-dealkylation sites (tertiary alicyclic amines) is 1. The van der Waals surface area contributed by atoms with Gasteiger partial charge in [0.2, 0.25) is 5.91 Å². The third-order valence-corrected chi connectivity index (χ3v) is 7.74. The smallest absolute Gasteiger partial charge is 0.411 e. The Morgan fingerprint density at radius 3 is 2.40 bits per heavy atom. The Balaban J connectivity index is 1.05. The number of ether oxygens (including phenoxy) is 1. The number of nitrogens with zero attached hydrogens (tertiary/aromatic N) is 2. The van der Waals surface area contributed by atoms with Gasteiger partial charge in [-0.15, -0.1) is 0 Å². The largest absolute Gasteiger partial charge is 0.508 e. The molecule has 0 aliphatic carbocycles. The van der Waals surface area contributed by atoms with Crippen LogP contribution < -0.4 is 10.6 Å². The van der Waals surface area contributed by atoms with Gasteiger partial charge >= 0.3 is 6.09 Å². The van der Waals surface area contributed by atoms with Gasteiger partial charge in [0.25, 0.3) is 0 Å². The zero-order valence-electron chi connectivity index (χ0n) is 24.6. The van der Waals surface area contributed by atoms with Crippen LogP contribution in [0.15, 0.2) is 78.9 Å². The third kappa shape index (κ3) is 10.2. The summed E-state index contributed by atoms with van der Waals surface area (Å²) in [7, 11) is 1.88. The number of phenols is 1.